The molecule has 5 nitrogen and oxygen atoms in total. The van der Waals surface area contributed by atoms with Crippen LogP contribution >= 0.6 is 8.03 Å². The molecule has 0 fully saturated rings. The zero-order valence-corrected chi connectivity index (χ0v) is 11.8. The highest BCUT2D eigenvalue weighted by Crippen LogP contribution is 2.24. The second-order valence-corrected chi connectivity index (χ2v) is 5.21. The lowest BCUT2D eigenvalue weighted by molar-refractivity contribution is -0.127. The van der Waals surface area contributed by atoms with Crippen LogP contribution in [0.15, 0.2) is 30.3 Å². The molecule has 0 heterocycles. The molecule has 0 aromatic heterocycles. The van der Waals surface area contributed by atoms with Gasteiger partial charge in [0.25, 0.3) is 12.3 Å². The lowest BCUT2D eigenvalue weighted by Gasteiger charge is -2.11. The highest BCUT2D eigenvalue weighted by Gasteiger charge is 2.29. The molecule has 1 aromatic carbocycles. The van der Waals surface area contributed by atoms with E-state index < -0.39 is 20.5 Å². The molecule has 0 aliphatic heterocycles. The molecule has 2 unspecified atom stereocenters. The second-order valence-electron chi connectivity index (χ2n) is 4.05. The lowest BCUT2D eigenvalue weighted by Crippen LogP contribution is -2.37. The van der Waals surface area contributed by atoms with Crippen molar-refractivity contribution in [2.75, 3.05) is 12.9 Å². The Bertz CT molecular complexity index is 410. The summed E-state index contributed by atoms with van der Waals surface area (Å²) < 4.78 is 16.4. The van der Waals surface area contributed by atoms with Crippen LogP contribution in [-0.4, -0.2) is 30.0 Å². The number of hydrogen-bond acceptors (Lipinski definition) is 4. The normalized spacial score (nSPS) is 12.8. The molecule has 0 aliphatic carbocycles. The number of rotatable bonds is 8. The number of benzene rings is 1. The minimum atomic E-state index is -2.22. The van der Waals surface area contributed by atoms with Crippen molar-refractivity contribution in [3.8, 4) is 0 Å². The topological polar surface area (TPSA) is 75.6 Å². The number of aliphatic hydroxyl groups excluding tert-OH is 1. The highest BCUT2D eigenvalue weighted by atomic mass is 31.1. The summed E-state index contributed by atoms with van der Waals surface area (Å²) in [5, 5.41) is 11.5. The van der Waals surface area contributed by atoms with Crippen LogP contribution in [0.25, 0.3) is 0 Å². The van der Waals surface area contributed by atoms with Gasteiger partial charge in [0.05, 0.1) is 0 Å². The highest BCUT2D eigenvalue weighted by molar-refractivity contribution is 7.38. The van der Waals surface area contributed by atoms with Crippen molar-refractivity contribution in [3.05, 3.63) is 35.9 Å². The summed E-state index contributed by atoms with van der Waals surface area (Å²) in [6.07, 6.45) is -0.278. The number of carbonyl (C=O) groups is 1. The third kappa shape index (κ3) is 5.92. The summed E-state index contributed by atoms with van der Waals surface area (Å²) in [5.41, 5.74) is 0.917. The van der Waals surface area contributed by atoms with Gasteiger partial charge in [-0.25, -0.2) is 0 Å². The zero-order chi connectivity index (χ0) is 14.1. The molecule has 2 N–H and O–H groups in total. The maximum atomic E-state index is 11.9. The van der Waals surface area contributed by atoms with E-state index in [2.05, 4.69) is 5.32 Å². The van der Waals surface area contributed by atoms with E-state index in [1.165, 1.54) is 0 Å². The third-order valence-electron chi connectivity index (χ3n) is 2.47. The van der Waals surface area contributed by atoms with Gasteiger partial charge in [-0.15, -0.1) is 4.52 Å². The Kier molecular flexibility index (Phi) is 7.26. The summed E-state index contributed by atoms with van der Waals surface area (Å²) >= 11 is 0. The van der Waals surface area contributed by atoms with Gasteiger partial charge in [-0.3, -0.25) is 4.79 Å². The van der Waals surface area contributed by atoms with E-state index >= 15 is 0 Å². The molecule has 0 saturated carbocycles. The Balaban J connectivity index is 2.68. The van der Waals surface area contributed by atoms with Gasteiger partial charge in [-0.2, -0.15) is 0 Å². The third-order valence-corrected chi connectivity index (χ3v) is 3.19. The van der Waals surface area contributed by atoms with Crippen LogP contribution in [0.1, 0.15) is 18.9 Å². The van der Waals surface area contributed by atoms with Crippen LogP contribution in [0, 0.1) is 0 Å². The first-order chi connectivity index (χ1) is 9.17. The summed E-state index contributed by atoms with van der Waals surface area (Å²) in [6.45, 7) is 2.49. The first-order valence-corrected chi connectivity index (χ1v) is 7.57. The van der Waals surface area contributed by atoms with Gasteiger partial charge in [0.1, 0.15) is 0 Å². The molecule has 1 rings (SSSR count). The smallest absolute Gasteiger partial charge is 0.354 e. The van der Waals surface area contributed by atoms with E-state index in [1.54, 1.807) is 0 Å². The minimum Gasteiger partial charge on any atom is -0.354 e. The average molecular weight is 284 g/mol. The molecule has 0 radical (unpaired) electrons. The van der Waals surface area contributed by atoms with E-state index in [0.29, 0.717) is 13.0 Å². The largest absolute Gasteiger partial charge is 0.537 e. The molecule has 0 spiro atoms. The van der Waals surface area contributed by atoms with Gasteiger partial charge < -0.3 is 10.4 Å². The summed E-state index contributed by atoms with van der Waals surface area (Å²) in [6, 6.07) is 9.35. The molecule has 1 aromatic rings. The maximum absolute atomic E-state index is 11.9. The minimum absolute atomic E-state index is 0.303. The van der Waals surface area contributed by atoms with Gasteiger partial charge in [0, 0.05) is 13.0 Å². The van der Waals surface area contributed by atoms with Crippen molar-refractivity contribution in [2.45, 2.75) is 25.9 Å². The zero-order valence-electron chi connectivity index (χ0n) is 10.9. The monoisotopic (exact) mass is 284 g/mol. The van der Waals surface area contributed by atoms with Crippen molar-refractivity contribution in [1.82, 2.24) is 5.32 Å². The summed E-state index contributed by atoms with van der Waals surface area (Å²) in [4.78, 5) is 11.9. The fraction of sp³-hybridized carbons (Fsp3) is 0.462. The van der Waals surface area contributed by atoms with Crippen LogP contribution in [0.3, 0.4) is 0 Å². The van der Waals surface area contributed by atoms with Crippen LogP contribution in [0.2, 0.25) is 0 Å². The summed E-state index contributed by atoms with van der Waals surface area (Å²) in [5.74, 6) is -0.303. The Morgan fingerprint density at radius 3 is 2.68 bits per heavy atom. The Labute approximate surface area is 113 Å². The van der Waals surface area contributed by atoms with Crippen LogP contribution in [0.5, 0.6) is 0 Å². The van der Waals surface area contributed by atoms with E-state index in [0.717, 1.165) is 12.0 Å². The number of nitrogens with one attached hydrogen (secondary N) is 1. The van der Waals surface area contributed by atoms with E-state index in [4.69, 9.17) is 9.63 Å². The lowest BCUT2D eigenvalue weighted by atomic mass is 10.1. The van der Waals surface area contributed by atoms with Crippen molar-refractivity contribution >= 4 is 13.9 Å². The number of aliphatic hydroxyl groups is 1. The maximum Gasteiger partial charge on any atom is 0.537 e. The van der Waals surface area contributed by atoms with Gasteiger partial charge >= 0.3 is 8.03 Å². The quantitative estimate of drug-likeness (QED) is 0.714. The van der Waals surface area contributed by atoms with Crippen LogP contribution < -0.4 is 5.32 Å². The number of carbonyl (C=O) groups excluding carboxylic acids is 1. The summed E-state index contributed by atoms with van der Waals surface area (Å²) in [7, 11) is -2.22. The van der Waals surface area contributed by atoms with Crippen molar-refractivity contribution in [2.24, 2.45) is 0 Å². The van der Waals surface area contributed by atoms with E-state index in [9.17, 15) is 9.36 Å². The Morgan fingerprint density at radius 2 is 2.11 bits per heavy atom. The Morgan fingerprint density at radius 1 is 1.42 bits per heavy atom. The van der Waals surface area contributed by atoms with Crippen LogP contribution in [-0.2, 0) is 20.3 Å². The first-order valence-electron chi connectivity index (χ1n) is 6.21. The molecule has 0 saturated heterocycles. The number of hydrogen-bond donors (Lipinski definition) is 2. The van der Waals surface area contributed by atoms with Crippen molar-refractivity contribution < 1.29 is 19.0 Å². The standard InChI is InChI=1S/C13H18NO4P/c1-2-8-14-13(16)12(18-19(17)10-15)9-11-6-4-3-5-7-11/h3-7,12,15H,2,8-10H2,1H3/p+1. The van der Waals surface area contributed by atoms with Crippen molar-refractivity contribution in [1.29, 1.82) is 0 Å². The first kappa shape index (κ1) is 15.8. The van der Waals surface area contributed by atoms with Crippen molar-refractivity contribution in [3.63, 3.8) is 0 Å². The molecule has 2 atom stereocenters. The van der Waals surface area contributed by atoms with E-state index in [1.807, 2.05) is 37.3 Å². The molecule has 19 heavy (non-hydrogen) atoms. The Hall–Kier alpha value is -1.29. The average Bonchev–Trinajstić information content (AvgIpc) is 2.44. The molecule has 0 bridgehead atoms. The van der Waals surface area contributed by atoms with Crippen LogP contribution in [0.4, 0.5) is 0 Å². The molecule has 6 heteroatoms. The second kappa shape index (κ2) is 8.75. The van der Waals surface area contributed by atoms with Gasteiger partial charge in [0.15, 0.2) is 6.10 Å². The van der Waals surface area contributed by atoms with Gasteiger partial charge in [0.2, 0.25) is 0 Å². The van der Waals surface area contributed by atoms with Gasteiger partial charge in [-0.1, -0.05) is 37.3 Å². The predicted molar refractivity (Wildman–Crippen MR) is 73.0 cm³/mol. The fourth-order valence-corrected chi connectivity index (χ4v) is 2.06. The molecule has 104 valence electrons. The molecular weight excluding hydrogens is 265 g/mol. The number of amides is 1. The molecule has 0 aliphatic rings. The fourth-order valence-electron chi connectivity index (χ4n) is 1.54. The SMILES string of the molecule is CCCNC(=O)C(Cc1ccccc1)O[P+](=O)CO. The molecule has 1 amide bonds. The molecular formula is C13H19NO4P+. The van der Waals surface area contributed by atoms with Gasteiger partial charge in [-0.05, 0) is 16.5 Å². The van der Waals surface area contributed by atoms with E-state index in [-0.39, 0.29) is 5.91 Å². The predicted octanol–water partition coefficient (Wildman–Crippen LogP) is 1.83.